The molecule has 2 N–H and O–H groups in total. The molecule has 0 amide bonds. The summed E-state index contributed by atoms with van der Waals surface area (Å²) in [5, 5.41) is 9.53. The topological polar surface area (TPSA) is 66.4 Å². The molecule has 2 rings (SSSR count). The zero-order valence-electron chi connectivity index (χ0n) is 11.3. The number of halogens is 1. The Balaban J connectivity index is 1.98. The highest BCUT2D eigenvalue weighted by Crippen LogP contribution is 2.12. The van der Waals surface area contributed by atoms with E-state index >= 15 is 0 Å². The molecule has 0 aromatic heterocycles. The lowest BCUT2D eigenvalue weighted by molar-refractivity contribution is 0.282. The lowest BCUT2D eigenvalue weighted by atomic mass is 10.2. The second kappa shape index (κ2) is 7.04. The van der Waals surface area contributed by atoms with Crippen molar-refractivity contribution in [1.82, 2.24) is 4.72 Å². The first-order valence-electron chi connectivity index (χ1n) is 6.39. The summed E-state index contributed by atoms with van der Waals surface area (Å²) in [6, 6.07) is 13.9. The molecule has 0 fully saturated rings. The van der Waals surface area contributed by atoms with Crippen molar-refractivity contribution >= 4 is 21.6 Å². The normalized spacial score (nSPS) is 11.5. The quantitative estimate of drug-likeness (QED) is 0.857. The van der Waals surface area contributed by atoms with Gasteiger partial charge >= 0.3 is 0 Å². The van der Waals surface area contributed by atoms with Gasteiger partial charge in [-0.2, -0.15) is 0 Å². The van der Waals surface area contributed by atoms with Gasteiger partial charge in [-0.3, -0.25) is 0 Å². The molecule has 4 nitrogen and oxygen atoms in total. The Morgan fingerprint density at radius 2 is 1.67 bits per heavy atom. The number of hydrogen-bond acceptors (Lipinski definition) is 3. The highest BCUT2D eigenvalue weighted by Gasteiger charge is 2.11. The fourth-order valence-corrected chi connectivity index (χ4v) is 3.18. The predicted octanol–water partition coefficient (Wildman–Crippen LogP) is 2.45. The molecular weight excluding hydrogens is 310 g/mol. The van der Waals surface area contributed by atoms with Crippen LogP contribution in [0.15, 0.2) is 48.5 Å². The Morgan fingerprint density at radius 1 is 1.00 bits per heavy atom. The average Bonchev–Trinajstić information content (AvgIpc) is 2.46. The van der Waals surface area contributed by atoms with Gasteiger partial charge in [-0.25, -0.2) is 13.1 Å². The van der Waals surface area contributed by atoms with E-state index in [0.717, 1.165) is 11.1 Å². The van der Waals surface area contributed by atoms with Crippen molar-refractivity contribution in [2.75, 3.05) is 0 Å². The first-order chi connectivity index (χ1) is 9.98. The number of aliphatic hydroxyl groups excluding tert-OH is 1. The van der Waals surface area contributed by atoms with Crippen LogP contribution in [0.5, 0.6) is 0 Å². The minimum atomic E-state index is -3.42. The molecule has 0 heterocycles. The van der Waals surface area contributed by atoms with Crippen molar-refractivity contribution in [3.05, 3.63) is 70.2 Å². The van der Waals surface area contributed by atoms with Crippen LogP contribution >= 0.6 is 11.6 Å². The lowest BCUT2D eigenvalue weighted by Gasteiger charge is -2.08. The third-order valence-electron chi connectivity index (χ3n) is 2.95. The van der Waals surface area contributed by atoms with Crippen LogP contribution in [-0.2, 0) is 28.9 Å². The van der Waals surface area contributed by atoms with Gasteiger partial charge in [-0.1, -0.05) is 48.0 Å². The van der Waals surface area contributed by atoms with Crippen LogP contribution in [0.1, 0.15) is 16.7 Å². The number of rotatable bonds is 6. The SMILES string of the molecule is O=S(=O)(Cc1ccc(CO)cc1)NCc1cccc(Cl)c1. The average molecular weight is 326 g/mol. The molecular formula is C15H16ClNO3S. The van der Waals surface area contributed by atoms with Gasteiger partial charge in [0.25, 0.3) is 0 Å². The summed E-state index contributed by atoms with van der Waals surface area (Å²) in [5.41, 5.74) is 2.23. The summed E-state index contributed by atoms with van der Waals surface area (Å²) in [4.78, 5) is 0. The van der Waals surface area contributed by atoms with Crippen LogP contribution < -0.4 is 4.72 Å². The molecule has 0 saturated carbocycles. The number of benzene rings is 2. The van der Waals surface area contributed by atoms with Gasteiger partial charge < -0.3 is 5.11 Å². The third-order valence-corrected chi connectivity index (χ3v) is 4.48. The molecule has 0 saturated heterocycles. The molecule has 112 valence electrons. The first kappa shape index (κ1) is 16.0. The second-order valence-corrected chi connectivity index (χ2v) is 6.93. The zero-order valence-corrected chi connectivity index (χ0v) is 12.9. The number of aliphatic hydroxyl groups is 1. The van der Waals surface area contributed by atoms with E-state index in [1.165, 1.54) is 0 Å². The van der Waals surface area contributed by atoms with Crippen molar-refractivity contribution in [2.24, 2.45) is 0 Å². The molecule has 21 heavy (non-hydrogen) atoms. The molecule has 0 aliphatic rings. The van der Waals surface area contributed by atoms with Gasteiger partial charge in [-0.15, -0.1) is 0 Å². The molecule has 6 heteroatoms. The van der Waals surface area contributed by atoms with Crippen LogP contribution in [0, 0.1) is 0 Å². The van der Waals surface area contributed by atoms with Crippen molar-refractivity contribution in [2.45, 2.75) is 18.9 Å². The molecule has 0 spiro atoms. The van der Waals surface area contributed by atoms with Crippen molar-refractivity contribution in [3.63, 3.8) is 0 Å². The predicted molar refractivity (Wildman–Crippen MR) is 83.3 cm³/mol. The molecule has 0 atom stereocenters. The fraction of sp³-hybridized carbons (Fsp3) is 0.200. The van der Waals surface area contributed by atoms with Crippen molar-refractivity contribution in [1.29, 1.82) is 0 Å². The van der Waals surface area contributed by atoms with E-state index in [-0.39, 0.29) is 18.9 Å². The number of hydrogen-bond donors (Lipinski definition) is 2. The van der Waals surface area contributed by atoms with Gasteiger partial charge in [0, 0.05) is 11.6 Å². The van der Waals surface area contributed by atoms with E-state index < -0.39 is 10.0 Å². The van der Waals surface area contributed by atoms with E-state index in [1.807, 2.05) is 6.07 Å². The molecule has 0 bridgehead atoms. The van der Waals surface area contributed by atoms with Crippen LogP contribution in [0.4, 0.5) is 0 Å². The van der Waals surface area contributed by atoms with Crippen molar-refractivity contribution in [3.8, 4) is 0 Å². The Labute approximate surface area is 129 Å². The maximum atomic E-state index is 12.0. The largest absolute Gasteiger partial charge is 0.392 e. The summed E-state index contributed by atoms with van der Waals surface area (Å²) in [7, 11) is -3.42. The van der Waals surface area contributed by atoms with Gasteiger partial charge in [0.2, 0.25) is 10.0 Å². The summed E-state index contributed by atoms with van der Waals surface area (Å²) in [6.45, 7) is 0.150. The van der Waals surface area contributed by atoms with Gasteiger partial charge in [-0.05, 0) is 28.8 Å². The van der Waals surface area contributed by atoms with E-state index in [1.54, 1.807) is 42.5 Å². The molecule has 2 aromatic rings. The van der Waals surface area contributed by atoms with E-state index in [9.17, 15) is 8.42 Å². The molecule has 0 unspecified atom stereocenters. The van der Waals surface area contributed by atoms with Crippen LogP contribution in [0.2, 0.25) is 5.02 Å². The summed E-state index contributed by atoms with van der Waals surface area (Å²) >= 11 is 5.86. The Hall–Kier alpha value is -1.40. The maximum absolute atomic E-state index is 12.0. The lowest BCUT2D eigenvalue weighted by Crippen LogP contribution is -2.24. The monoisotopic (exact) mass is 325 g/mol. The molecule has 0 aliphatic carbocycles. The van der Waals surface area contributed by atoms with Crippen LogP contribution in [-0.4, -0.2) is 13.5 Å². The number of nitrogens with one attached hydrogen (secondary N) is 1. The summed E-state index contributed by atoms with van der Waals surface area (Å²) < 4.78 is 26.6. The van der Waals surface area contributed by atoms with E-state index in [4.69, 9.17) is 16.7 Å². The fourth-order valence-electron chi connectivity index (χ4n) is 1.85. The van der Waals surface area contributed by atoms with Crippen LogP contribution in [0.3, 0.4) is 0 Å². The number of sulfonamides is 1. The standard InChI is InChI=1S/C15H16ClNO3S/c16-15-3-1-2-14(8-15)9-17-21(19,20)11-13-6-4-12(10-18)5-7-13/h1-8,17-18H,9-11H2. The van der Waals surface area contributed by atoms with E-state index in [0.29, 0.717) is 10.6 Å². The van der Waals surface area contributed by atoms with Crippen molar-refractivity contribution < 1.29 is 13.5 Å². The molecule has 2 aromatic carbocycles. The summed E-state index contributed by atoms with van der Waals surface area (Å²) in [5.74, 6) is -0.0979. The second-order valence-electron chi connectivity index (χ2n) is 4.68. The highest BCUT2D eigenvalue weighted by molar-refractivity contribution is 7.88. The highest BCUT2D eigenvalue weighted by atomic mass is 35.5. The first-order valence-corrected chi connectivity index (χ1v) is 8.42. The molecule has 0 radical (unpaired) electrons. The minimum Gasteiger partial charge on any atom is -0.392 e. The van der Waals surface area contributed by atoms with Crippen LogP contribution in [0.25, 0.3) is 0 Å². The van der Waals surface area contributed by atoms with Gasteiger partial charge in [0.05, 0.1) is 12.4 Å². The van der Waals surface area contributed by atoms with Gasteiger partial charge in [0.1, 0.15) is 0 Å². The Kier molecular flexibility index (Phi) is 5.36. The zero-order chi connectivity index (χ0) is 15.3. The Morgan fingerprint density at radius 3 is 2.29 bits per heavy atom. The van der Waals surface area contributed by atoms with E-state index in [2.05, 4.69) is 4.72 Å². The smallest absolute Gasteiger partial charge is 0.216 e. The van der Waals surface area contributed by atoms with Gasteiger partial charge in [0.15, 0.2) is 0 Å². The molecule has 0 aliphatic heterocycles. The minimum absolute atomic E-state index is 0.0555. The Bertz CT molecular complexity index is 699. The maximum Gasteiger partial charge on any atom is 0.216 e. The summed E-state index contributed by atoms with van der Waals surface area (Å²) in [6.07, 6.45) is 0. The third kappa shape index (κ3) is 5.13.